The fourth-order valence-electron chi connectivity index (χ4n) is 2.00. The first-order valence-electron chi connectivity index (χ1n) is 7.53. The minimum absolute atomic E-state index is 0.296. The summed E-state index contributed by atoms with van der Waals surface area (Å²) in [5.74, 6) is 0. The summed E-state index contributed by atoms with van der Waals surface area (Å²) >= 11 is 1.73. The largest absolute Gasteiger partial charge is 0.445 e. The SMILES string of the molecule is CSc1cccc(C=CCCNC(=O)OCc2ccccc2)c1. The van der Waals surface area contributed by atoms with E-state index in [-0.39, 0.29) is 6.09 Å². The lowest BCUT2D eigenvalue weighted by molar-refractivity contribution is 0.140. The number of hydrogen-bond donors (Lipinski definition) is 1. The lowest BCUT2D eigenvalue weighted by atomic mass is 10.2. The van der Waals surface area contributed by atoms with Crippen molar-refractivity contribution in [2.45, 2.75) is 17.9 Å². The van der Waals surface area contributed by atoms with Crippen LogP contribution in [0.2, 0.25) is 0 Å². The van der Waals surface area contributed by atoms with Gasteiger partial charge in [-0.05, 0) is 35.9 Å². The molecule has 3 nitrogen and oxygen atoms in total. The van der Waals surface area contributed by atoms with E-state index in [1.807, 2.05) is 36.4 Å². The smallest absolute Gasteiger partial charge is 0.407 e. The van der Waals surface area contributed by atoms with Crippen LogP contribution in [0.5, 0.6) is 0 Å². The molecule has 0 aromatic heterocycles. The molecule has 0 aliphatic carbocycles. The molecular weight excluding hydrogens is 306 g/mol. The van der Waals surface area contributed by atoms with Gasteiger partial charge in [-0.15, -0.1) is 11.8 Å². The van der Waals surface area contributed by atoms with Gasteiger partial charge >= 0.3 is 6.09 Å². The molecule has 2 aromatic carbocycles. The number of thioether (sulfide) groups is 1. The van der Waals surface area contributed by atoms with E-state index in [4.69, 9.17) is 4.74 Å². The van der Waals surface area contributed by atoms with Crippen molar-refractivity contribution in [2.75, 3.05) is 12.8 Å². The van der Waals surface area contributed by atoms with Crippen molar-refractivity contribution in [3.63, 3.8) is 0 Å². The van der Waals surface area contributed by atoms with Gasteiger partial charge < -0.3 is 10.1 Å². The van der Waals surface area contributed by atoms with Crippen molar-refractivity contribution in [3.05, 3.63) is 71.8 Å². The molecule has 1 N–H and O–H groups in total. The van der Waals surface area contributed by atoms with Crippen LogP contribution in [0.3, 0.4) is 0 Å². The molecule has 2 aromatic rings. The number of carbonyl (C=O) groups is 1. The monoisotopic (exact) mass is 327 g/mol. The van der Waals surface area contributed by atoms with Crippen LogP contribution in [-0.4, -0.2) is 18.9 Å². The molecule has 0 atom stereocenters. The zero-order chi connectivity index (χ0) is 16.3. The molecule has 0 unspecified atom stereocenters. The zero-order valence-electron chi connectivity index (χ0n) is 13.2. The third kappa shape index (κ3) is 6.61. The van der Waals surface area contributed by atoms with Crippen LogP contribution in [0.15, 0.2) is 65.6 Å². The molecule has 120 valence electrons. The third-order valence-corrected chi connectivity index (χ3v) is 3.92. The van der Waals surface area contributed by atoms with E-state index < -0.39 is 0 Å². The van der Waals surface area contributed by atoms with Crippen LogP contribution in [0, 0.1) is 0 Å². The Balaban J connectivity index is 1.64. The first kappa shape index (κ1) is 17.2. The van der Waals surface area contributed by atoms with Crippen LogP contribution in [0.4, 0.5) is 4.79 Å². The van der Waals surface area contributed by atoms with Gasteiger partial charge in [0.05, 0.1) is 0 Å². The van der Waals surface area contributed by atoms with E-state index in [9.17, 15) is 4.79 Å². The van der Waals surface area contributed by atoms with Gasteiger partial charge in [0.25, 0.3) is 0 Å². The molecule has 0 bridgehead atoms. The Morgan fingerprint density at radius 3 is 2.78 bits per heavy atom. The van der Waals surface area contributed by atoms with Gasteiger partial charge in [-0.25, -0.2) is 4.79 Å². The molecule has 0 saturated carbocycles. The zero-order valence-corrected chi connectivity index (χ0v) is 14.0. The molecular formula is C19H21NO2S. The van der Waals surface area contributed by atoms with Gasteiger partial charge in [-0.2, -0.15) is 0 Å². The number of nitrogens with one attached hydrogen (secondary N) is 1. The first-order valence-corrected chi connectivity index (χ1v) is 8.75. The quantitative estimate of drug-likeness (QED) is 0.590. The number of alkyl carbamates (subject to hydrolysis) is 1. The first-order chi connectivity index (χ1) is 11.3. The second kappa shape index (κ2) is 9.74. The highest BCUT2D eigenvalue weighted by atomic mass is 32.2. The Morgan fingerprint density at radius 1 is 1.17 bits per heavy atom. The summed E-state index contributed by atoms with van der Waals surface area (Å²) in [6.45, 7) is 0.857. The van der Waals surface area contributed by atoms with Crippen LogP contribution >= 0.6 is 11.8 Å². The molecule has 2 rings (SSSR count). The van der Waals surface area contributed by atoms with Crippen LogP contribution < -0.4 is 5.32 Å². The van der Waals surface area contributed by atoms with Crippen molar-refractivity contribution in [2.24, 2.45) is 0 Å². The van der Waals surface area contributed by atoms with E-state index in [0.29, 0.717) is 13.2 Å². The summed E-state index contributed by atoms with van der Waals surface area (Å²) in [5.41, 5.74) is 2.15. The summed E-state index contributed by atoms with van der Waals surface area (Å²) in [5, 5.41) is 2.75. The van der Waals surface area contributed by atoms with E-state index in [1.165, 1.54) is 10.5 Å². The fraction of sp³-hybridized carbons (Fsp3) is 0.211. The lowest BCUT2D eigenvalue weighted by Crippen LogP contribution is -2.24. The average molecular weight is 327 g/mol. The molecule has 4 heteroatoms. The third-order valence-electron chi connectivity index (χ3n) is 3.20. The van der Waals surface area contributed by atoms with Gasteiger partial charge in [0.1, 0.15) is 6.61 Å². The summed E-state index contributed by atoms with van der Waals surface area (Å²) in [4.78, 5) is 12.8. The predicted molar refractivity (Wildman–Crippen MR) is 96.5 cm³/mol. The predicted octanol–water partition coefficient (Wildman–Crippen LogP) is 4.74. The van der Waals surface area contributed by atoms with Crippen LogP contribution in [0.1, 0.15) is 17.5 Å². The summed E-state index contributed by atoms with van der Waals surface area (Å²) < 4.78 is 5.15. The van der Waals surface area contributed by atoms with Crippen molar-refractivity contribution >= 4 is 23.9 Å². The van der Waals surface area contributed by atoms with E-state index in [0.717, 1.165) is 12.0 Å². The summed E-state index contributed by atoms with van der Waals surface area (Å²) in [6.07, 6.45) is 6.57. The highest BCUT2D eigenvalue weighted by molar-refractivity contribution is 7.98. The Kier molecular flexibility index (Phi) is 7.27. The molecule has 1 amide bonds. The lowest BCUT2D eigenvalue weighted by Gasteiger charge is -2.05. The Labute approximate surface area is 141 Å². The average Bonchev–Trinajstić information content (AvgIpc) is 2.61. The maximum absolute atomic E-state index is 11.6. The maximum atomic E-state index is 11.6. The standard InChI is InChI=1S/C19H21NO2S/c1-23-18-12-7-11-16(14-18)8-5-6-13-20-19(21)22-15-17-9-3-2-4-10-17/h2-5,7-12,14H,6,13,15H2,1H3,(H,20,21). The van der Waals surface area contributed by atoms with Crippen molar-refractivity contribution < 1.29 is 9.53 Å². The summed E-state index contributed by atoms with van der Waals surface area (Å²) in [7, 11) is 0. The molecule has 0 aliphatic rings. The number of carbonyl (C=O) groups excluding carboxylic acids is 1. The Bertz CT molecular complexity index is 641. The van der Waals surface area contributed by atoms with Gasteiger partial charge in [0, 0.05) is 11.4 Å². The van der Waals surface area contributed by atoms with Gasteiger partial charge in [-0.1, -0.05) is 54.6 Å². The number of ether oxygens (including phenoxy) is 1. The second-order valence-corrected chi connectivity index (χ2v) is 5.84. The minimum atomic E-state index is -0.383. The highest BCUT2D eigenvalue weighted by Gasteiger charge is 2.00. The van der Waals surface area contributed by atoms with E-state index in [1.54, 1.807) is 11.8 Å². The molecule has 0 saturated heterocycles. The van der Waals surface area contributed by atoms with Crippen LogP contribution in [0.25, 0.3) is 6.08 Å². The van der Waals surface area contributed by atoms with E-state index >= 15 is 0 Å². The molecule has 0 spiro atoms. The highest BCUT2D eigenvalue weighted by Crippen LogP contribution is 2.16. The fourth-order valence-corrected chi connectivity index (χ4v) is 2.46. The summed E-state index contributed by atoms with van der Waals surface area (Å²) in [6, 6.07) is 18.0. The Morgan fingerprint density at radius 2 is 2.00 bits per heavy atom. The molecule has 0 radical (unpaired) electrons. The van der Waals surface area contributed by atoms with Gasteiger partial charge in [0.2, 0.25) is 0 Å². The number of amides is 1. The Hall–Kier alpha value is -2.20. The molecule has 0 fully saturated rings. The number of hydrogen-bond acceptors (Lipinski definition) is 3. The van der Waals surface area contributed by atoms with Crippen molar-refractivity contribution in [1.29, 1.82) is 0 Å². The minimum Gasteiger partial charge on any atom is -0.445 e. The van der Waals surface area contributed by atoms with Gasteiger partial charge in [0.15, 0.2) is 0 Å². The number of benzene rings is 2. The van der Waals surface area contributed by atoms with E-state index in [2.05, 4.69) is 41.9 Å². The second-order valence-electron chi connectivity index (χ2n) is 4.96. The number of rotatable bonds is 7. The topological polar surface area (TPSA) is 38.3 Å². The molecule has 0 aliphatic heterocycles. The molecule has 0 heterocycles. The van der Waals surface area contributed by atoms with Gasteiger partial charge in [-0.3, -0.25) is 0 Å². The molecule has 23 heavy (non-hydrogen) atoms. The van der Waals surface area contributed by atoms with Crippen LogP contribution in [-0.2, 0) is 11.3 Å². The van der Waals surface area contributed by atoms with Crippen molar-refractivity contribution in [1.82, 2.24) is 5.32 Å². The maximum Gasteiger partial charge on any atom is 0.407 e. The van der Waals surface area contributed by atoms with Crippen molar-refractivity contribution in [3.8, 4) is 0 Å². The normalized spacial score (nSPS) is 10.7.